The standard InChI is InChI=1S/C32H44N2O9/c1-6-34-16-28(43-27(36)18-9-7-8-10-21(18)33-17(2)35)12-11-24(41-4)31-23(28)13-20(25(31)34)29(37)15-22(40-3)19-14-30(31,38)32(29,39)26(19)42-5/h7-10,19-20,22-26,37-39H,6,11-16H2,1-5H3,(H,33,35)/t19-,20+,22+,23-,24+,25?,26+,28-,29+,30-,31+,32+/m1/s1. The number of fused-ring (bicyclic) bond motifs is 2. The summed E-state index contributed by atoms with van der Waals surface area (Å²) in [6.45, 7) is 4.44. The molecule has 4 N–H and O–H groups in total. The van der Waals surface area contributed by atoms with Gasteiger partial charge in [0, 0.05) is 65.0 Å². The number of carbonyl (C=O) groups is 2. The lowest BCUT2D eigenvalue weighted by Crippen LogP contribution is -2.89. The summed E-state index contributed by atoms with van der Waals surface area (Å²) in [6, 6.07) is 6.45. The number of likely N-dealkylation sites (tertiary alicyclic amines) is 1. The fourth-order valence-corrected chi connectivity index (χ4v) is 11.6. The molecule has 1 aromatic carbocycles. The first-order valence-corrected chi connectivity index (χ1v) is 15.5. The van der Waals surface area contributed by atoms with Gasteiger partial charge in [0.2, 0.25) is 5.91 Å². The Kier molecular flexibility index (Phi) is 6.50. The van der Waals surface area contributed by atoms with Gasteiger partial charge in [-0.25, -0.2) is 4.79 Å². The van der Waals surface area contributed by atoms with Gasteiger partial charge >= 0.3 is 5.97 Å². The number of hydrogen-bond donors (Lipinski definition) is 4. The van der Waals surface area contributed by atoms with Gasteiger partial charge in [0.05, 0.1) is 35.0 Å². The highest BCUT2D eigenvalue weighted by molar-refractivity contribution is 6.00. The van der Waals surface area contributed by atoms with Crippen LogP contribution in [-0.4, -0.2) is 113 Å². The molecule has 1 heterocycles. The van der Waals surface area contributed by atoms with Crippen molar-refractivity contribution in [1.82, 2.24) is 4.90 Å². The minimum absolute atomic E-state index is 0.162. The van der Waals surface area contributed by atoms with Gasteiger partial charge in [-0.15, -0.1) is 0 Å². The number of esters is 1. The number of carbonyl (C=O) groups excluding carboxylic acids is 2. The Hall–Kier alpha value is -2.12. The van der Waals surface area contributed by atoms with Crippen LogP contribution >= 0.6 is 0 Å². The lowest BCUT2D eigenvalue weighted by molar-refractivity contribution is -0.384. The molecule has 7 rings (SSSR count). The maximum absolute atomic E-state index is 14.0. The molecular formula is C32H44N2O9. The molecule has 1 aliphatic heterocycles. The first-order chi connectivity index (χ1) is 20.4. The normalized spacial score (nSPS) is 49.1. The Morgan fingerprint density at radius 1 is 1.07 bits per heavy atom. The molecule has 1 aromatic rings. The predicted octanol–water partition coefficient (Wildman–Crippen LogP) is 1.34. The van der Waals surface area contributed by atoms with Crippen LogP contribution in [0.25, 0.3) is 0 Å². The van der Waals surface area contributed by atoms with Gasteiger partial charge < -0.3 is 39.6 Å². The fourth-order valence-electron chi connectivity index (χ4n) is 11.6. The molecule has 0 radical (unpaired) electrons. The summed E-state index contributed by atoms with van der Waals surface area (Å²) in [5, 5.41) is 41.7. The molecule has 11 nitrogen and oxygen atoms in total. The number of piperidine rings is 1. The maximum Gasteiger partial charge on any atom is 0.340 e. The van der Waals surface area contributed by atoms with Gasteiger partial charge in [0.1, 0.15) is 22.4 Å². The van der Waals surface area contributed by atoms with E-state index in [1.165, 1.54) is 14.0 Å². The number of nitrogens with zero attached hydrogens (tertiary/aromatic N) is 1. The summed E-state index contributed by atoms with van der Waals surface area (Å²) in [4.78, 5) is 28.2. The van der Waals surface area contributed by atoms with Crippen molar-refractivity contribution in [3.63, 3.8) is 0 Å². The van der Waals surface area contributed by atoms with E-state index >= 15 is 0 Å². The van der Waals surface area contributed by atoms with Gasteiger partial charge in [-0.2, -0.15) is 0 Å². The van der Waals surface area contributed by atoms with E-state index in [9.17, 15) is 24.9 Å². The first kappa shape index (κ1) is 29.6. The van der Waals surface area contributed by atoms with Crippen molar-refractivity contribution in [1.29, 1.82) is 0 Å². The van der Waals surface area contributed by atoms with E-state index in [1.54, 1.807) is 38.5 Å². The molecule has 7 bridgehead atoms. The second-order valence-corrected chi connectivity index (χ2v) is 13.8. The third-order valence-corrected chi connectivity index (χ3v) is 12.7. The molecule has 1 unspecified atom stereocenters. The molecule has 6 fully saturated rings. The number of benzene rings is 1. The van der Waals surface area contributed by atoms with Gasteiger partial charge in [-0.05, 0) is 44.4 Å². The predicted molar refractivity (Wildman–Crippen MR) is 153 cm³/mol. The van der Waals surface area contributed by atoms with Gasteiger partial charge in [0.15, 0.2) is 0 Å². The SMILES string of the molecule is CCN1C[C@]2(OC(=O)c3ccccc3NC(C)=O)CC[C@H](OC)[C@]34C1[C@H](C[C@H]23)[C@@]1(O)C[C@H](OC)[C@H]2C[C@]4(O)[C@]1(O)[C@H]2OC. The molecule has 1 saturated heterocycles. The van der Waals surface area contributed by atoms with E-state index in [1.807, 2.05) is 6.92 Å². The minimum atomic E-state index is -1.98. The fraction of sp³-hybridized carbons (Fsp3) is 0.750. The Morgan fingerprint density at radius 2 is 1.81 bits per heavy atom. The Bertz CT molecular complexity index is 1340. The summed E-state index contributed by atoms with van der Waals surface area (Å²) in [5.41, 5.74) is -7.00. The number of amides is 1. The second-order valence-electron chi connectivity index (χ2n) is 13.8. The van der Waals surface area contributed by atoms with E-state index in [2.05, 4.69) is 10.2 Å². The van der Waals surface area contributed by atoms with E-state index in [-0.39, 0.29) is 36.3 Å². The third kappa shape index (κ3) is 3.19. The van der Waals surface area contributed by atoms with Gasteiger partial charge in [-0.1, -0.05) is 19.1 Å². The quantitative estimate of drug-likeness (QED) is 0.338. The van der Waals surface area contributed by atoms with Gasteiger partial charge in [0.25, 0.3) is 0 Å². The smallest absolute Gasteiger partial charge is 0.340 e. The summed E-state index contributed by atoms with van der Waals surface area (Å²) in [7, 11) is 4.76. The van der Waals surface area contributed by atoms with E-state index in [0.717, 1.165) is 0 Å². The summed E-state index contributed by atoms with van der Waals surface area (Å²) in [5.74, 6) is -2.08. The molecule has 6 aliphatic rings. The van der Waals surface area contributed by atoms with Crippen LogP contribution in [0.2, 0.25) is 0 Å². The maximum atomic E-state index is 14.0. The zero-order chi connectivity index (χ0) is 30.7. The van der Waals surface area contributed by atoms with Crippen molar-refractivity contribution in [2.75, 3.05) is 39.7 Å². The number of hydrogen-bond acceptors (Lipinski definition) is 10. The van der Waals surface area contributed by atoms with Crippen LogP contribution in [0.3, 0.4) is 0 Å². The average Bonchev–Trinajstić information content (AvgIpc) is 3.38. The largest absolute Gasteiger partial charge is 0.454 e. The van der Waals surface area contributed by atoms with Gasteiger partial charge in [-0.3, -0.25) is 9.69 Å². The van der Waals surface area contributed by atoms with E-state index in [4.69, 9.17) is 18.9 Å². The molecule has 11 heteroatoms. The molecule has 1 spiro atoms. The molecule has 43 heavy (non-hydrogen) atoms. The minimum Gasteiger partial charge on any atom is -0.454 e. The van der Waals surface area contributed by atoms with Crippen LogP contribution < -0.4 is 5.32 Å². The van der Waals surface area contributed by atoms with E-state index < -0.39 is 63.9 Å². The monoisotopic (exact) mass is 600 g/mol. The second kappa shape index (κ2) is 9.45. The Balaban J connectivity index is 1.41. The molecule has 0 aromatic heterocycles. The van der Waals surface area contributed by atoms with Crippen LogP contribution in [0.1, 0.15) is 56.3 Å². The number of aliphatic hydroxyl groups is 3. The van der Waals surface area contributed by atoms with Crippen LogP contribution in [0.5, 0.6) is 0 Å². The summed E-state index contributed by atoms with van der Waals surface area (Å²) >= 11 is 0. The third-order valence-electron chi connectivity index (χ3n) is 12.7. The first-order valence-electron chi connectivity index (χ1n) is 15.5. The number of anilines is 1. The number of nitrogens with one attached hydrogen (secondary N) is 1. The zero-order valence-electron chi connectivity index (χ0n) is 25.5. The molecule has 5 aliphatic carbocycles. The average molecular weight is 601 g/mol. The highest BCUT2D eigenvalue weighted by Gasteiger charge is 2.94. The number of methoxy groups -OCH3 is 3. The highest BCUT2D eigenvalue weighted by atomic mass is 16.6. The van der Waals surface area contributed by atoms with Crippen molar-refractivity contribution in [2.24, 2.45) is 23.2 Å². The summed E-state index contributed by atoms with van der Waals surface area (Å²) < 4.78 is 24.7. The number of ether oxygens (including phenoxy) is 4. The lowest BCUT2D eigenvalue weighted by Gasteiger charge is -2.73. The molecule has 1 amide bonds. The highest BCUT2D eigenvalue weighted by Crippen LogP contribution is 2.80. The van der Waals surface area contributed by atoms with Crippen molar-refractivity contribution >= 4 is 17.6 Å². The molecular weight excluding hydrogens is 556 g/mol. The van der Waals surface area contributed by atoms with Crippen molar-refractivity contribution < 1.29 is 43.9 Å². The van der Waals surface area contributed by atoms with Crippen LogP contribution in [0.4, 0.5) is 5.69 Å². The zero-order valence-corrected chi connectivity index (χ0v) is 25.5. The topological polar surface area (TPSA) is 147 Å². The Morgan fingerprint density at radius 3 is 2.47 bits per heavy atom. The molecule has 236 valence electrons. The number of rotatable bonds is 7. The van der Waals surface area contributed by atoms with Crippen molar-refractivity contribution in [3.05, 3.63) is 29.8 Å². The van der Waals surface area contributed by atoms with Crippen LogP contribution in [0.15, 0.2) is 24.3 Å². The molecule has 12 atom stereocenters. The van der Waals surface area contributed by atoms with Crippen LogP contribution in [-0.2, 0) is 23.7 Å². The van der Waals surface area contributed by atoms with Crippen molar-refractivity contribution in [2.45, 2.75) is 92.7 Å². The Labute approximate surface area is 251 Å². The van der Waals surface area contributed by atoms with Crippen molar-refractivity contribution in [3.8, 4) is 0 Å². The lowest BCUT2D eigenvalue weighted by atomic mass is 9.42. The van der Waals surface area contributed by atoms with E-state index in [0.29, 0.717) is 38.0 Å². The number of para-hydroxylation sites is 1. The summed E-state index contributed by atoms with van der Waals surface area (Å²) in [6.07, 6.45) is 0.0340. The number of likely N-dealkylation sites (N-methyl/N-ethyl adjacent to an activating group) is 1. The van der Waals surface area contributed by atoms with Crippen LogP contribution in [0, 0.1) is 23.2 Å². The molecule has 5 saturated carbocycles.